The Morgan fingerprint density at radius 3 is 2.37 bits per heavy atom. The number of hydrogen-bond donors (Lipinski definition) is 0. The molecule has 0 nitrogen and oxygen atoms in total. The topological polar surface area (TPSA) is 0 Å². The van der Waals surface area contributed by atoms with Crippen molar-refractivity contribution in [3.05, 3.63) is 23.8 Å². The molecule has 0 aromatic carbocycles. The van der Waals surface area contributed by atoms with Gasteiger partial charge in [-0.25, -0.2) is 0 Å². The van der Waals surface area contributed by atoms with Crippen molar-refractivity contribution in [1.82, 2.24) is 0 Å². The first-order valence-electron chi connectivity index (χ1n) is 13.6. The molecular weight excluding hydrogens is 360 g/mol. The lowest BCUT2D eigenvalue weighted by atomic mass is 9.47. The Bertz CT molecular complexity index is 640. The minimum atomic E-state index is 0.496. The molecule has 30 heavy (non-hydrogen) atoms. The van der Waals surface area contributed by atoms with Crippen molar-refractivity contribution in [3.8, 4) is 0 Å². The molecule has 0 aromatic rings. The Hall–Kier alpha value is -0.520. The third-order valence-corrected chi connectivity index (χ3v) is 10.7. The maximum Gasteiger partial charge on any atom is -0.00851 e. The quantitative estimate of drug-likeness (QED) is 0.403. The molecule has 4 rings (SSSR count). The van der Waals surface area contributed by atoms with Gasteiger partial charge in [0.05, 0.1) is 0 Å². The van der Waals surface area contributed by atoms with E-state index >= 15 is 0 Å². The number of hydrogen-bond acceptors (Lipinski definition) is 0. The van der Waals surface area contributed by atoms with E-state index in [0.29, 0.717) is 16.2 Å². The molecule has 3 fully saturated rings. The Morgan fingerprint density at radius 1 is 1.00 bits per heavy atom. The molecule has 0 N–H and O–H groups in total. The minimum Gasteiger partial charge on any atom is -0.0998 e. The second-order valence-corrected chi connectivity index (χ2v) is 11.9. The Labute approximate surface area is 189 Å². The summed E-state index contributed by atoms with van der Waals surface area (Å²) in [7, 11) is 0. The summed E-state index contributed by atoms with van der Waals surface area (Å²) < 4.78 is 0. The smallest absolute Gasteiger partial charge is 0.00851 e. The highest BCUT2D eigenvalue weighted by atomic mass is 14.6. The van der Waals surface area contributed by atoms with Crippen molar-refractivity contribution >= 4 is 0 Å². The standard InChI is InChI=1S/C28H46.C2H6/c1-7-15-26(5)16-13-21-9-10-22-24(27(21,6)19-18-26)14-17-28(8-2)23(20(3)4)11-12-25(22)28;1-2/h9,22-25H,3,7-8,10-19H2,1-2,4-6H3;1-2H3/t22?,23?,24?,25?,26-,27?,28?;/m0./s1. The normalized spacial score (nSPS) is 45.1. The van der Waals surface area contributed by atoms with Crippen molar-refractivity contribution in [2.75, 3.05) is 0 Å². The summed E-state index contributed by atoms with van der Waals surface area (Å²) in [6, 6.07) is 0. The van der Waals surface area contributed by atoms with Crippen LogP contribution >= 0.6 is 0 Å². The summed E-state index contributed by atoms with van der Waals surface area (Å²) in [5, 5.41) is 0. The van der Waals surface area contributed by atoms with E-state index < -0.39 is 0 Å². The van der Waals surface area contributed by atoms with Crippen LogP contribution in [0.3, 0.4) is 0 Å². The van der Waals surface area contributed by atoms with Gasteiger partial charge in [0.15, 0.2) is 0 Å². The Balaban J connectivity index is 0.00000124. The molecule has 0 bridgehead atoms. The van der Waals surface area contributed by atoms with Crippen LogP contribution in [0.5, 0.6) is 0 Å². The van der Waals surface area contributed by atoms with Crippen LogP contribution in [0.15, 0.2) is 23.8 Å². The average Bonchev–Trinajstić information content (AvgIpc) is 3.08. The van der Waals surface area contributed by atoms with Gasteiger partial charge in [0.1, 0.15) is 0 Å². The van der Waals surface area contributed by atoms with Gasteiger partial charge in [-0.3, -0.25) is 0 Å². The number of rotatable bonds is 4. The van der Waals surface area contributed by atoms with Crippen molar-refractivity contribution in [3.63, 3.8) is 0 Å². The van der Waals surface area contributed by atoms with Gasteiger partial charge in [-0.1, -0.05) is 71.8 Å². The van der Waals surface area contributed by atoms with Gasteiger partial charge < -0.3 is 0 Å². The highest BCUT2D eigenvalue weighted by molar-refractivity contribution is 5.25. The first kappa shape index (κ1) is 24.1. The van der Waals surface area contributed by atoms with Crippen molar-refractivity contribution in [2.24, 2.45) is 39.9 Å². The summed E-state index contributed by atoms with van der Waals surface area (Å²) in [5.74, 6) is 3.65. The number of fused-ring (bicyclic) bond motifs is 5. The molecule has 0 amide bonds. The molecule has 3 saturated carbocycles. The van der Waals surface area contributed by atoms with E-state index in [1.807, 2.05) is 19.4 Å². The molecule has 4 aliphatic carbocycles. The molecule has 7 atom stereocenters. The van der Waals surface area contributed by atoms with E-state index in [1.54, 1.807) is 0 Å². The molecule has 0 saturated heterocycles. The average molecular weight is 413 g/mol. The lowest BCUT2D eigenvalue weighted by molar-refractivity contribution is -0.0440. The largest absolute Gasteiger partial charge is 0.0998 e. The maximum absolute atomic E-state index is 4.44. The third-order valence-electron chi connectivity index (χ3n) is 10.7. The van der Waals surface area contributed by atoms with Crippen LogP contribution in [0.1, 0.15) is 126 Å². The van der Waals surface area contributed by atoms with Gasteiger partial charge >= 0.3 is 0 Å². The van der Waals surface area contributed by atoms with Crippen LogP contribution in [0.25, 0.3) is 0 Å². The second kappa shape index (κ2) is 9.15. The van der Waals surface area contributed by atoms with E-state index in [4.69, 9.17) is 0 Å². The molecule has 0 aliphatic heterocycles. The van der Waals surface area contributed by atoms with Crippen LogP contribution in [0.2, 0.25) is 0 Å². The Kier molecular flexibility index (Phi) is 7.36. The van der Waals surface area contributed by atoms with Crippen LogP contribution in [0.4, 0.5) is 0 Å². The van der Waals surface area contributed by atoms with Gasteiger partial charge in [0.2, 0.25) is 0 Å². The van der Waals surface area contributed by atoms with Crippen molar-refractivity contribution in [2.45, 2.75) is 126 Å². The summed E-state index contributed by atoms with van der Waals surface area (Å²) in [6.45, 7) is 20.9. The first-order chi connectivity index (χ1) is 14.3. The molecule has 172 valence electrons. The summed E-state index contributed by atoms with van der Waals surface area (Å²) in [5.41, 5.74) is 5.01. The maximum atomic E-state index is 4.44. The van der Waals surface area contributed by atoms with Crippen LogP contribution in [0, 0.1) is 39.9 Å². The first-order valence-corrected chi connectivity index (χ1v) is 13.6. The lowest BCUT2D eigenvalue weighted by Gasteiger charge is -2.57. The third kappa shape index (κ3) is 3.77. The zero-order valence-corrected chi connectivity index (χ0v) is 21.6. The molecule has 0 heterocycles. The van der Waals surface area contributed by atoms with Crippen molar-refractivity contribution < 1.29 is 0 Å². The van der Waals surface area contributed by atoms with E-state index in [2.05, 4.69) is 47.3 Å². The SMILES string of the molecule is C=C(C)C1CCC2C3CC=C4CC[C@](C)(CCC)CCC4(C)C3CCC12CC.CC. The van der Waals surface area contributed by atoms with Gasteiger partial charge in [0, 0.05) is 0 Å². The lowest BCUT2D eigenvalue weighted by Crippen LogP contribution is -2.49. The van der Waals surface area contributed by atoms with E-state index in [0.717, 1.165) is 23.7 Å². The summed E-state index contributed by atoms with van der Waals surface area (Å²) in [6.07, 6.45) is 19.9. The zero-order chi connectivity index (χ0) is 22.2. The predicted molar refractivity (Wildman–Crippen MR) is 134 cm³/mol. The second-order valence-electron chi connectivity index (χ2n) is 11.9. The molecule has 4 aliphatic rings. The van der Waals surface area contributed by atoms with Crippen LogP contribution < -0.4 is 0 Å². The fraction of sp³-hybridized carbons (Fsp3) is 0.867. The molecule has 0 aromatic heterocycles. The van der Waals surface area contributed by atoms with Crippen LogP contribution in [-0.4, -0.2) is 0 Å². The van der Waals surface area contributed by atoms with Crippen molar-refractivity contribution in [1.29, 1.82) is 0 Å². The van der Waals surface area contributed by atoms with Gasteiger partial charge in [0.25, 0.3) is 0 Å². The minimum absolute atomic E-state index is 0.496. The highest BCUT2D eigenvalue weighted by Gasteiger charge is 2.59. The monoisotopic (exact) mass is 412 g/mol. The van der Waals surface area contributed by atoms with E-state index in [-0.39, 0.29) is 0 Å². The highest BCUT2D eigenvalue weighted by Crippen LogP contribution is 2.68. The molecule has 0 spiro atoms. The van der Waals surface area contributed by atoms with Gasteiger partial charge in [-0.15, -0.1) is 0 Å². The molecule has 0 radical (unpaired) electrons. The van der Waals surface area contributed by atoms with Crippen LogP contribution in [-0.2, 0) is 0 Å². The van der Waals surface area contributed by atoms with E-state index in [9.17, 15) is 0 Å². The zero-order valence-electron chi connectivity index (χ0n) is 21.6. The Morgan fingerprint density at radius 2 is 1.73 bits per heavy atom. The summed E-state index contributed by atoms with van der Waals surface area (Å²) in [4.78, 5) is 0. The summed E-state index contributed by atoms with van der Waals surface area (Å²) >= 11 is 0. The molecular formula is C30H52. The van der Waals surface area contributed by atoms with Gasteiger partial charge in [-0.05, 0) is 117 Å². The number of allylic oxidation sites excluding steroid dienone is 3. The predicted octanol–water partition coefficient (Wildman–Crippen LogP) is 9.75. The fourth-order valence-electron chi connectivity index (χ4n) is 9.10. The molecule has 6 unspecified atom stereocenters. The molecule has 0 heteroatoms. The van der Waals surface area contributed by atoms with Gasteiger partial charge in [-0.2, -0.15) is 0 Å². The van der Waals surface area contributed by atoms with E-state index in [1.165, 1.54) is 82.6 Å². The fourth-order valence-corrected chi connectivity index (χ4v) is 9.10.